The van der Waals surface area contributed by atoms with Crippen molar-refractivity contribution in [2.24, 2.45) is 5.92 Å². The normalized spacial score (nSPS) is 12.8. The van der Waals surface area contributed by atoms with Gasteiger partial charge in [-0.2, -0.15) is 0 Å². The van der Waals surface area contributed by atoms with E-state index in [2.05, 4.69) is 55.3 Å². The van der Waals surface area contributed by atoms with E-state index in [1.54, 1.807) is 11.3 Å². The maximum absolute atomic E-state index is 4.19. The number of thiazole rings is 1. The monoisotopic (exact) mass is 288 g/mol. The Bertz CT molecular complexity index is 488. The van der Waals surface area contributed by atoms with E-state index in [-0.39, 0.29) is 0 Å². The van der Waals surface area contributed by atoms with E-state index in [4.69, 9.17) is 0 Å². The topological polar surface area (TPSA) is 24.9 Å². The van der Waals surface area contributed by atoms with Crippen LogP contribution in [0.3, 0.4) is 0 Å². The van der Waals surface area contributed by atoms with Gasteiger partial charge in [-0.1, -0.05) is 43.7 Å². The summed E-state index contributed by atoms with van der Waals surface area (Å²) < 4.78 is 0. The Balaban J connectivity index is 1.99. The summed E-state index contributed by atoms with van der Waals surface area (Å²) in [5, 5.41) is 3.57. The molecule has 3 heteroatoms. The molecule has 1 aromatic carbocycles. The van der Waals surface area contributed by atoms with E-state index in [0.717, 1.165) is 19.4 Å². The fraction of sp³-hybridized carbons (Fsp3) is 0.471. The van der Waals surface area contributed by atoms with Crippen LogP contribution in [0, 0.1) is 12.8 Å². The Morgan fingerprint density at radius 2 is 1.90 bits per heavy atom. The van der Waals surface area contributed by atoms with Crippen LogP contribution < -0.4 is 5.32 Å². The number of nitrogens with zero attached hydrogens (tertiary/aromatic N) is 1. The summed E-state index contributed by atoms with van der Waals surface area (Å²) in [6.07, 6.45) is 4.23. The number of hydrogen-bond acceptors (Lipinski definition) is 3. The van der Waals surface area contributed by atoms with Gasteiger partial charge in [-0.3, -0.25) is 4.98 Å². The zero-order chi connectivity index (χ0) is 14.4. The van der Waals surface area contributed by atoms with Gasteiger partial charge >= 0.3 is 0 Å². The molecule has 0 radical (unpaired) electrons. The molecular weight excluding hydrogens is 264 g/mol. The minimum absolute atomic E-state index is 0.539. The summed E-state index contributed by atoms with van der Waals surface area (Å²) in [6, 6.07) is 9.45. The molecule has 2 nitrogen and oxygen atoms in total. The van der Waals surface area contributed by atoms with Gasteiger partial charge in [0.2, 0.25) is 0 Å². The first kappa shape index (κ1) is 15.2. The molecule has 0 fully saturated rings. The Hall–Kier alpha value is -1.19. The lowest BCUT2D eigenvalue weighted by Crippen LogP contribution is -2.30. The number of benzene rings is 1. The smallest absolute Gasteiger partial charge is 0.0794 e. The number of hydrogen-bond donors (Lipinski definition) is 1. The van der Waals surface area contributed by atoms with Crippen LogP contribution >= 0.6 is 11.3 Å². The van der Waals surface area contributed by atoms with Crippen molar-refractivity contribution in [1.82, 2.24) is 10.3 Å². The molecule has 0 saturated heterocycles. The second kappa shape index (κ2) is 7.55. The molecular formula is C17H24N2S. The predicted molar refractivity (Wildman–Crippen MR) is 87.3 cm³/mol. The lowest BCUT2D eigenvalue weighted by molar-refractivity contribution is 0.446. The van der Waals surface area contributed by atoms with Gasteiger partial charge in [0.15, 0.2) is 0 Å². The molecule has 1 heterocycles. The van der Waals surface area contributed by atoms with Crippen molar-refractivity contribution in [2.75, 3.05) is 6.54 Å². The maximum Gasteiger partial charge on any atom is 0.0794 e. The van der Waals surface area contributed by atoms with Crippen molar-refractivity contribution in [3.8, 4) is 0 Å². The SMILES string of the molecule is Cc1ccc(CC(CNC(C)C)Cc2cncs2)cc1. The van der Waals surface area contributed by atoms with Crippen molar-refractivity contribution < 1.29 is 0 Å². The molecule has 0 aliphatic heterocycles. The Morgan fingerprint density at radius 1 is 1.15 bits per heavy atom. The van der Waals surface area contributed by atoms with Crippen LogP contribution in [0.2, 0.25) is 0 Å². The highest BCUT2D eigenvalue weighted by molar-refractivity contribution is 7.09. The minimum atomic E-state index is 0.539. The Kier molecular flexibility index (Phi) is 5.74. The van der Waals surface area contributed by atoms with Crippen LogP contribution in [-0.2, 0) is 12.8 Å². The first-order chi connectivity index (χ1) is 9.63. The number of aryl methyl sites for hydroxylation is 1. The van der Waals surface area contributed by atoms with Gasteiger partial charge < -0.3 is 5.32 Å². The lowest BCUT2D eigenvalue weighted by atomic mass is 9.95. The highest BCUT2D eigenvalue weighted by Gasteiger charge is 2.12. The third-order valence-electron chi connectivity index (χ3n) is 3.43. The summed E-state index contributed by atoms with van der Waals surface area (Å²) in [4.78, 5) is 5.57. The van der Waals surface area contributed by atoms with Crippen LogP contribution in [0.1, 0.15) is 29.9 Å². The predicted octanol–water partition coefficient (Wildman–Crippen LogP) is 3.85. The summed E-state index contributed by atoms with van der Waals surface area (Å²) in [6.45, 7) is 7.60. The highest BCUT2D eigenvalue weighted by Crippen LogP contribution is 2.17. The van der Waals surface area contributed by atoms with Gasteiger partial charge in [0.25, 0.3) is 0 Å². The highest BCUT2D eigenvalue weighted by atomic mass is 32.1. The average Bonchev–Trinajstić information content (AvgIpc) is 2.91. The second-order valence-corrected chi connectivity index (χ2v) is 6.76. The summed E-state index contributed by atoms with van der Waals surface area (Å²) in [5.41, 5.74) is 4.68. The quantitative estimate of drug-likeness (QED) is 0.837. The largest absolute Gasteiger partial charge is 0.314 e. The molecule has 0 spiro atoms. The molecule has 0 aliphatic carbocycles. The standard InChI is InChI=1S/C17H24N2S/c1-13(2)19-10-16(9-17-11-18-12-20-17)8-15-6-4-14(3)5-7-15/h4-7,11-13,16,19H,8-10H2,1-3H3. The van der Waals surface area contributed by atoms with E-state index < -0.39 is 0 Å². The summed E-state index contributed by atoms with van der Waals surface area (Å²) >= 11 is 1.76. The molecule has 20 heavy (non-hydrogen) atoms. The molecule has 0 aliphatic rings. The third kappa shape index (κ3) is 5.06. The van der Waals surface area contributed by atoms with Crippen LogP contribution in [0.25, 0.3) is 0 Å². The first-order valence-corrected chi connectivity index (χ1v) is 8.17. The molecule has 108 valence electrons. The van der Waals surface area contributed by atoms with Crippen molar-refractivity contribution in [3.05, 3.63) is 52.0 Å². The van der Waals surface area contributed by atoms with Crippen molar-refractivity contribution in [2.45, 2.75) is 39.7 Å². The van der Waals surface area contributed by atoms with Crippen molar-refractivity contribution in [3.63, 3.8) is 0 Å². The van der Waals surface area contributed by atoms with Gasteiger partial charge in [0.1, 0.15) is 0 Å². The van der Waals surface area contributed by atoms with E-state index >= 15 is 0 Å². The molecule has 0 bridgehead atoms. The molecule has 1 aromatic heterocycles. The molecule has 1 unspecified atom stereocenters. The summed E-state index contributed by atoms with van der Waals surface area (Å²) in [7, 11) is 0. The molecule has 2 aromatic rings. The zero-order valence-corrected chi connectivity index (χ0v) is 13.4. The van der Waals surface area contributed by atoms with E-state index in [1.807, 2.05) is 11.7 Å². The zero-order valence-electron chi connectivity index (χ0n) is 12.6. The molecule has 0 amide bonds. The first-order valence-electron chi connectivity index (χ1n) is 7.30. The van der Waals surface area contributed by atoms with Gasteiger partial charge in [-0.05, 0) is 37.8 Å². The van der Waals surface area contributed by atoms with Crippen molar-refractivity contribution in [1.29, 1.82) is 0 Å². The minimum Gasteiger partial charge on any atom is -0.314 e. The van der Waals surface area contributed by atoms with E-state index in [1.165, 1.54) is 16.0 Å². The van der Waals surface area contributed by atoms with Crippen LogP contribution in [0.15, 0.2) is 36.0 Å². The van der Waals surface area contributed by atoms with E-state index in [0.29, 0.717) is 12.0 Å². The molecule has 1 N–H and O–H groups in total. The molecule has 1 atom stereocenters. The summed E-state index contributed by atoms with van der Waals surface area (Å²) in [5.74, 6) is 0.626. The van der Waals surface area contributed by atoms with Crippen LogP contribution in [0.4, 0.5) is 0 Å². The number of nitrogens with one attached hydrogen (secondary N) is 1. The third-order valence-corrected chi connectivity index (χ3v) is 4.24. The number of aromatic nitrogens is 1. The van der Waals surface area contributed by atoms with E-state index in [9.17, 15) is 0 Å². The maximum atomic E-state index is 4.19. The fourth-order valence-electron chi connectivity index (χ4n) is 2.30. The van der Waals surface area contributed by atoms with Crippen LogP contribution in [-0.4, -0.2) is 17.6 Å². The molecule has 2 rings (SSSR count). The number of rotatable bonds is 7. The second-order valence-electron chi connectivity index (χ2n) is 5.79. The van der Waals surface area contributed by atoms with Gasteiger partial charge in [-0.25, -0.2) is 0 Å². The van der Waals surface area contributed by atoms with Crippen LogP contribution in [0.5, 0.6) is 0 Å². The van der Waals surface area contributed by atoms with Gasteiger partial charge in [0, 0.05) is 17.1 Å². The Labute approximate surface area is 126 Å². The lowest BCUT2D eigenvalue weighted by Gasteiger charge is -2.19. The molecule has 0 saturated carbocycles. The van der Waals surface area contributed by atoms with Crippen molar-refractivity contribution >= 4 is 11.3 Å². The fourth-order valence-corrected chi connectivity index (χ4v) is 3.01. The van der Waals surface area contributed by atoms with Gasteiger partial charge in [-0.15, -0.1) is 11.3 Å². The van der Waals surface area contributed by atoms with Gasteiger partial charge in [0.05, 0.1) is 5.51 Å². The Morgan fingerprint density at radius 3 is 2.50 bits per heavy atom. The average molecular weight is 288 g/mol.